The highest BCUT2D eigenvalue weighted by atomic mass is 15.2. The molecule has 122 valence electrons. The van der Waals surface area contributed by atoms with E-state index in [2.05, 4.69) is 46.7 Å². The van der Waals surface area contributed by atoms with Crippen LogP contribution in [0.5, 0.6) is 0 Å². The first-order valence-electron chi connectivity index (χ1n) is 8.94. The number of benzene rings is 1. The number of aryl methyl sites for hydroxylation is 1. The summed E-state index contributed by atoms with van der Waals surface area (Å²) in [5.74, 6) is 1.15. The fraction of sp³-hybridized carbons (Fsp3) is 0.526. The topological polar surface area (TPSA) is 40.2 Å². The van der Waals surface area contributed by atoms with Gasteiger partial charge >= 0.3 is 0 Å². The van der Waals surface area contributed by atoms with Crippen molar-refractivity contribution in [3.63, 3.8) is 0 Å². The Hall–Kier alpha value is -1.81. The molecule has 2 fully saturated rings. The summed E-state index contributed by atoms with van der Waals surface area (Å²) in [5.41, 5.74) is 2.38. The van der Waals surface area contributed by atoms with Crippen molar-refractivity contribution in [2.75, 3.05) is 36.4 Å². The highest BCUT2D eigenvalue weighted by molar-refractivity contribution is 6.00. The third-order valence-electron chi connectivity index (χ3n) is 5.11. The molecule has 23 heavy (non-hydrogen) atoms. The number of aromatic nitrogens is 1. The molecule has 2 aromatic rings. The Kier molecular flexibility index (Phi) is 4.08. The minimum absolute atomic E-state index is 0.636. The fourth-order valence-electron chi connectivity index (χ4n) is 3.92. The predicted molar refractivity (Wildman–Crippen MR) is 97.4 cm³/mol. The average molecular weight is 310 g/mol. The van der Waals surface area contributed by atoms with Crippen LogP contribution < -0.4 is 15.5 Å². The highest BCUT2D eigenvalue weighted by Gasteiger charge is 2.19. The van der Waals surface area contributed by atoms with Crippen LogP contribution in [0.3, 0.4) is 0 Å². The van der Waals surface area contributed by atoms with Gasteiger partial charge in [0.1, 0.15) is 5.82 Å². The van der Waals surface area contributed by atoms with Gasteiger partial charge in [-0.3, -0.25) is 0 Å². The van der Waals surface area contributed by atoms with Gasteiger partial charge in [-0.25, -0.2) is 4.98 Å². The van der Waals surface area contributed by atoms with E-state index in [1.807, 2.05) is 0 Å². The lowest BCUT2D eigenvalue weighted by molar-refractivity contribution is 0.586. The van der Waals surface area contributed by atoms with Crippen molar-refractivity contribution in [1.82, 2.24) is 10.3 Å². The molecule has 0 bridgehead atoms. The van der Waals surface area contributed by atoms with E-state index in [9.17, 15) is 0 Å². The summed E-state index contributed by atoms with van der Waals surface area (Å²) in [6.07, 6.45) is 5.31. The monoisotopic (exact) mass is 310 g/mol. The second-order valence-electron chi connectivity index (χ2n) is 6.85. The van der Waals surface area contributed by atoms with Crippen LogP contribution in [-0.4, -0.2) is 37.2 Å². The Morgan fingerprint density at radius 3 is 2.70 bits per heavy atom. The summed E-state index contributed by atoms with van der Waals surface area (Å²) in [6.45, 7) is 6.25. The minimum Gasteiger partial charge on any atom is -0.382 e. The summed E-state index contributed by atoms with van der Waals surface area (Å²) in [5, 5.41) is 9.81. The zero-order chi connectivity index (χ0) is 15.6. The van der Waals surface area contributed by atoms with Crippen molar-refractivity contribution in [2.45, 2.75) is 38.6 Å². The number of hydrogen-bond donors (Lipinski definition) is 2. The van der Waals surface area contributed by atoms with Crippen molar-refractivity contribution in [3.05, 3.63) is 30.0 Å². The second-order valence-corrected chi connectivity index (χ2v) is 6.85. The number of nitrogens with one attached hydrogen (secondary N) is 2. The first-order chi connectivity index (χ1) is 11.3. The zero-order valence-electron chi connectivity index (χ0n) is 13.9. The van der Waals surface area contributed by atoms with E-state index in [0.717, 1.165) is 37.7 Å². The third-order valence-corrected chi connectivity index (χ3v) is 5.11. The van der Waals surface area contributed by atoms with E-state index >= 15 is 0 Å². The van der Waals surface area contributed by atoms with Gasteiger partial charge in [-0.1, -0.05) is 25.0 Å². The number of nitrogens with zero attached hydrogens (tertiary/aromatic N) is 2. The van der Waals surface area contributed by atoms with E-state index in [4.69, 9.17) is 4.98 Å². The van der Waals surface area contributed by atoms with Crippen molar-refractivity contribution in [1.29, 1.82) is 0 Å². The Bertz CT molecular complexity index is 685. The fourth-order valence-corrected chi connectivity index (χ4v) is 3.92. The number of fused-ring (bicyclic) bond motifs is 1. The molecule has 2 heterocycles. The van der Waals surface area contributed by atoms with Crippen LogP contribution in [0.25, 0.3) is 10.8 Å². The molecule has 0 spiro atoms. The largest absolute Gasteiger partial charge is 0.382 e. The number of anilines is 2. The lowest BCUT2D eigenvalue weighted by Gasteiger charge is -2.30. The van der Waals surface area contributed by atoms with Crippen LogP contribution >= 0.6 is 0 Å². The maximum absolute atomic E-state index is 4.87. The molecule has 4 heteroatoms. The molecule has 1 aliphatic carbocycles. The van der Waals surface area contributed by atoms with Crippen LogP contribution in [-0.2, 0) is 0 Å². The van der Waals surface area contributed by atoms with Gasteiger partial charge in [-0.2, -0.15) is 0 Å². The van der Waals surface area contributed by atoms with E-state index < -0.39 is 0 Å². The van der Waals surface area contributed by atoms with Crippen molar-refractivity contribution in [3.8, 4) is 0 Å². The maximum atomic E-state index is 4.87. The molecule has 0 radical (unpaired) electrons. The molecule has 4 rings (SSSR count). The lowest BCUT2D eigenvalue weighted by atomic mass is 10.1. The molecule has 1 aliphatic heterocycles. The normalized spacial score (nSPS) is 19.4. The number of pyridine rings is 1. The van der Waals surface area contributed by atoms with E-state index in [-0.39, 0.29) is 0 Å². The Morgan fingerprint density at radius 1 is 1.13 bits per heavy atom. The van der Waals surface area contributed by atoms with Gasteiger partial charge in [-0.05, 0) is 31.9 Å². The summed E-state index contributed by atoms with van der Waals surface area (Å²) < 4.78 is 0. The summed E-state index contributed by atoms with van der Waals surface area (Å²) >= 11 is 0. The first kappa shape index (κ1) is 14.8. The second kappa shape index (κ2) is 6.36. The van der Waals surface area contributed by atoms with Gasteiger partial charge in [0.15, 0.2) is 0 Å². The van der Waals surface area contributed by atoms with Crippen LogP contribution in [0.4, 0.5) is 11.5 Å². The Labute approximate surface area is 138 Å². The maximum Gasteiger partial charge on any atom is 0.136 e. The van der Waals surface area contributed by atoms with E-state index in [1.165, 1.54) is 42.1 Å². The molecule has 1 saturated carbocycles. The number of piperazine rings is 1. The van der Waals surface area contributed by atoms with Gasteiger partial charge in [0, 0.05) is 54.4 Å². The molecular weight excluding hydrogens is 284 g/mol. The van der Waals surface area contributed by atoms with Crippen molar-refractivity contribution in [2.24, 2.45) is 0 Å². The van der Waals surface area contributed by atoms with Gasteiger partial charge in [0.2, 0.25) is 0 Å². The minimum atomic E-state index is 0.636. The average Bonchev–Trinajstić information content (AvgIpc) is 3.09. The Balaban J connectivity index is 1.75. The lowest BCUT2D eigenvalue weighted by Crippen LogP contribution is -2.44. The smallest absolute Gasteiger partial charge is 0.136 e. The molecule has 0 amide bonds. The molecule has 2 aliphatic rings. The molecule has 2 N–H and O–H groups in total. The standard InChI is InChI=1S/C19H26N4/c1-14-13-17-16(19(21-14)23-11-9-20-10-12-23)7-4-8-18(17)22-15-5-2-3-6-15/h4,7-8,13,15,20,22H,2-3,5-6,9-12H2,1H3. The summed E-state index contributed by atoms with van der Waals surface area (Å²) in [7, 11) is 0. The molecule has 0 unspecified atom stereocenters. The summed E-state index contributed by atoms with van der Waals surface area (Å²) in [6, 6.07) is 9.48. The van der Waals surface area contributed by atoms with Gasteiger partial charge in [-0.15, -0.1) is 0 Å². The first-order valence-corrected chi connectivity index (χ1v) is 8.94. The quantitative estimate of drug-likeness (QED) is 0.912. The predicted octanol–water partition coefficient (Wildman–Crippen LogP) is 3.31. The van der Waals surface area contributed by atoms with Crippen LogP contribution in [0.1, 0.15) is 31.4 Å². The SMILES string of the molecule is Cc1cc2c(NC3CCCC3)cccc2c(N2CCNCC2)n1. The molecule has 1 saturated heterocycles. The van der Waals surface area contributed by atoms with E-state index in [1.54, 1.807) is 0 Å². The third kappa shape index (κ3) is 3.00. The van der Waals surface area contributed by atoms with Gasteiger partial charge in [0.25, 0.3) is 0 Å². The molecular formula is C19H26N4. The van der Waals surface area contributed by atoms with Crippen molar-refractivity contribution >= 4 is 22.3 Å². The zero-order valence-corrected chi connectivity index (χ0v) is 13.9. The van der Waals surface area contributed by atoms with Crippen LogP contribution in [0.2, 0.25) is 0 Å². The van der Waals surface area contributed by atoms with Gasteiger partial charge < -0.3 is 15.5 Å². The number of hydrogen-bond acceptors (Lipinski definition) is 4. The molecule has 0 atom stereocenters. The van der Waals surface area contributed by atoms with E-state index in [0.29, 0.717) is 6.04 Å². The van der Waals surface area contributed by atoms with Crippen LogP contribution in [0.15, 0.2) is 24.3 Å². The van der Waals surface area contributed by atoms with Crippen molar-refractivity contribution < 1.29 is 0 Å². The van der Waals surface area contributed by atoms with Crippen LogP contribution in [0, 0.1) is 6.92 Å². The van der Waals surface area contributed by atoms with Gasteiger partial charge in [0.05, 0.1) is 0 Å². The molecule has 1 aromatic heterocycles. The molecule has 4 nitrogen and oxygen atoms in total. The Morgan fingerprint density at radius 2 is 1.91 bits per heavy atom. The molecule has 1 aromatic carbocycles. The number of rotatable bonds is 3. The highest BCUT2D eigenvalue weighted by Crippen LogP contribution is 2.33. The summed E-state index contributed by atoms with van der Waals surface area (Å²) in [4.78, 5) is 7.29.